The molecule has 0 amide bonds. The van der Waals surface area contributed by atoms with Gasteiger partial charge in [0, 0.05) is 16.4 Å². The number of rotatable bonds is 4. The van der Waals surface area contributed by atoms with Crippen LogP contribution in [0, 0.1) is 11.8 Å². The fraction of sp³-hybridized carbons (Fsp3) is 0.583. The number of nitrogens with zero attached hydrogens (tertiary/aromatic N) is 1. The highest BCUT2D eigenvalue weighted by Crippen LogP contribution is 2.20. The van der Waals surface area contributed by atoms with Crippen LogP contribution in [0.25, 0.3) is 0 Å². The largest absolute Gasteiger partial charge is 0.393 e. The fourth-order valence-electron chi connectivity index (χ4n) is 1.73. The molecule has 0 radical (unpaired) electrons. The maximum absolute atomic E-state index is 9.66. The van der Waals surface area contributed by atoms with Crippen LogP contribution in [0.15, 0.2) is 22.8 Å². The first kappa shape index (κ1) is 12.7. The second-order valence-corrected chi connectivity index (χ2v) is 5.24. The van der Waals surface area contributed by atoms with E-state index in [-0.39, 0.29) is 12.0 Å². The van der Waals surface area contributed by atoms with Crippen LogP contribution < -0.4 is 0 Å². The van der Waals surface area contributed by atoms with E-state index in [4.69, 9.17) is 0 Å². The molecule has 0 bridgehead atoms. The highest BCUT2D eigenvalue weighted by atomic mass is 79.9. The van der Waals surface area contributed by atoms with Crippen LogP contribution in [0.5, 0.6) is 0 Å². The molecule has 2 unspecified atom stereocenters. The van der Waals surface area contributed by atoms with Crippen LogP contribution in [0.3, 0.4) is 0 Å². The Morgan fingerprint density at radius 2 is 2.00 bits per heavy atom. The molecule has 3 heteroatoms. The monoisotopic (exact) mass is 271 g/mol. The number of hydrogen-bond acceptors (Lipinski definition) is 2. The summed E-state index contributed by atoms with van der Waals surface area (Å²) in [5, 5.41) is 9.66. The molecule has 0 fully saturated rings. The van der Waals surface area contributed by atoms with Crippen LogP contribution in [0.2, 0.25) is 0 Å². The van der Waals surface area contributed by atoms with Gasteiger partial charge in [0.2, 0.25) is 0 Å². The Kier molecular flexibility index (Phi) is 4.74. The minimum absolute atomic E-state index is 0.277. The number of aromatic nitrogens is 1. The summed E-state index contributed by atoms with van der Waals surface area (Å²) in [6.45, 7) is 6.12. The average Bonchev–Trinajstić information content (AvgIpc) is 2.15. The molecule has 84 valence electrons. The summed E-state index contributed by atoms with van der Waals surface area (Å²) in [7, 11) is 0. The van der Waals surface area contributed by atoms with Crippen LogP contribution in [0.4, 0.5) is 0 Å². The molecule has 1 N–H and O–H groups in total. The van der Waals surface area contributed by atoms with Crippen molar-refractivity contribution in [3.05, 3.63) is 28.5 Å². The molecule has 2 atom stereocenters. The standard InChI is InChI=1S/C12H18BrNO/c1-8(2)12(9(3)15)6-11-5-4-10(13)7-14-11/h4-5,7-9,12,15H,6H2,1-3H3. The molecule has 0 aliphatic rings. The molecule has 2 nitrogen and oxygen atoms in total. The molecule has 0 aliphatic heterocycles. The zero-order chi connectivity index (χ0) is 11.4. The number of hydrogen-bond donors (Lipinski definition) is 1. The van der Waals surface area contributed by atoms with Crippen molar-refractivity contribution < 1.29 is 5.11 Å². The van der Waals surface area contributed by atoms with Gasteiger partial charge in [-0.2, -0.15) is 0 Å². The van der Waals surface area contributed by atoms with E-state index in [2.05, 4.69) is 34.8 Å². The van der Waals surface area contributed by atoms with E-state index < -0.39 is 0 Å². The molecule has 1 aromatic rings. The zero-order valence-corrected chi connectivity index (χ0v) is 11.0. The third kappa shape index (κ3) is 3.92. The van der Waals surface area contributed by atoms with Gasteiger partial charge in [-0.05, 0) is 53.2 Å². The van der Waals surface area contributed by atoms with Crippen molar-refractivity contribution in [2.24, 2.45) is 11.8 Å². The van der Waals surface area contributed by atoms with Gasteiger partial charge >= 0.3 is 0 Å². The predicted octanol–water partition coefficient (Wildman–Crippen LogP) is 3.04. The lowest BCUT2D eigenvalue weighted by Gasteiger charge is -2.23. The molecular formula is C12H18BrNO. The number of pyridine rings is 1. The van der Waals surface area contributed by atoms with Gasteiger partial charge in [0.1, 0.15) is 0 Å². The number of halogens is 1. The maximum atomic E-state index is 9.66. The fourth-order valence-corrected chi connectivity index (χ4v) is 1.97. The normalized spacial score (nSPS) is 15.3. The first-order valence-electron chi connectivity index (χ1n) is 5.29. The summed E-state index contributed by atoms with van der Waals surface area (Å²) in [5.41, 5.74) is 1.04. The van der Waals surface area contributed by atoms with Gasteiger partial charge in [-0.1, -0.05) is 13.8 Å². The lowest BCUT2D eigenvalue weighted by atomic mass is 9.87. The minimum atomic E-state index is -0.282. The molecular weight excluding hydrogens is 254 g/mol. The van der Waals surface area contributed by atoms with E-state index in [1.807, 2.05) is 19.1 Å². The van der Waals surface area contributed by atoms with Crippen molar-refractivity contribution >= 4 is 15.9 Å². The minimum Gasteiger partial charge on any atom is -0.393 e. The third-order valence-electron chi connectivity index (χ3n) is 2.71. The predicted molar refractivity (Wildman–Crippen MR) is 65.6 cm³/mol. The Bertz CT molecular complexity index is 287. The Labute approximate surface area is 99.9 Å². The summed E-state index contributed by atoms with van der Waals surface area (Å²) in [4.78, 5) is 4.32. The van der Waals surface area contributed by atoms with Gasteiger partial charge in [0.25, 0.3) is 0 Å². The summed E-state index contributed by atoms with van der Waals surface area (Å²) in [6.07, 6.45) is 2.35. The molecule has 0 spiro atoms. The van der Waals surface area contributed by atoms with Crippen LogP contribution in [-0.4, -0.2) is 16.2 Å². The Morgan fingerprint density at radius 1 is 1.33 bits per heavy atom. The number of aliphatic hydroxyl groups excluding tert-OH is 1. The van der Waals surface area contributed by atoms with E-state index >= 15 is 0 Å². The van der Waals surface area contributed by atoms with Crippen LogP contribution >= 0.6 is 15.9 Å². The van der Waals surface area contributed by atoms with E-state index in [9.17, 15) is 5.11 Å². The Balaban J connectivity index is 2.70. The second kappa shape index (κ2) is 5.61. The van der Waals surface area contributed by atoms with Gasteiger partial charge < -0.3 is 5.11 Å². The molecule has 0 saturated carbocycles. The summed E-state index contributed by atoms with van der Waals surface area (Å²) >= 11 is 3.36. The Morgan fingerprint density at radius 3 is 2.40 bits per heavy atom. The lowest BCUT2D eigenvalue weighted by Crippen LogP contribution is -2.24. The molecule has 1 aromatic heterocycles. The van der Waals surface area contributed by atoms with Crippen molar-refractivity contribution in [3.63, 3.8) is 0 Å². The molecule has 1 rings (SSSR count). The van der Waals surface area contributed by atoms with E-state index in [1.54, 1.807) is 6.20 Å². The smallest absolute Gasteiger partial charge is 0.0546 e. The highest BCUT2D eigenvalue weighted by Gasteiger charge is 2.19. The van der Waals surface area contributed by atoms with Crippen molar-refractivity contribution in [2.45, 2.75) is 33.3 Å². The molecule has 0 aromatic carbocycles. The van der Waals surface area contributed by atoms with E-state index in [1.165, 1.54) is 0 Å². The third-order valence-corrected chi connectivity index (χ3v) is 3.18. The summed E-state index contributed by atoms with van der Waals surface area (Å²) in [5.74, 6) is 0.745. The quantitative estimate of drug-likeness (QED) is 0.913. The first-order valence-corrected chi connectivity index (χ1v) is 6.08. The summed E-state index contributed by atoms with van der Waals surface area (Å²) in [6, 6.07) is 3.99. The van der Waals surface area contributed by atoms with E-state index in [0.717, 1.165) is 16.6 Å². The highest BCUT2D eigenvalue weighted by molar-refractivity contribution is 9.10. The topological polar surface area (TPSA) is 33.1 Å². The molecule has 1 heterocycles. The Hall–Kier alpha value is -0.410. The molecule has 0 aliphatic carbocycles. The van der Waals surface area contributed by atoms with Gasteiger partial charge in [0.05, 0.1) is 6.10 Å². The van der Waals surface area contributed by atoms with Crippen molar-refractivity contribution in [3.8, 4) is 0 Å². The molecule has 0 saturated heterocycles. The van der Waals surface area contributed by atoms with Gasteiger partial charge in [-0.15, -0.1) is 0 Å². The number of aliphatic hydroxyl groups is 1. The maximum Gasteiger partial charge on any atom is 0.0546 e. The first-order chi connectivity index (χ1) is 7.00. The zero-order valence-electron chi connectivity index (χ0n) is 9.44. The van der Waals surface area contributed by atoms with Gasteiger partial charge in [-0.3, -0.25) is 4.98 Å². The van der Waals surface area contributed by atoms with Crippen molar-refractivity contribution in [1.82, 2.24) is 4.98 Å². The van der Waals surface area contributed by atoms with Crippen molar-refractivity contribution in [1.29, 1.82) is 0 Å². The van der Waals surface area contributed by atoms with E-state index in [0.29, 0.717) is 5.92 Å². The van der Waals surface area contributed by atoms with Gasteiger partial charge in [0.15, 0.2) is 0 Å². The van der Waals surface area contributed by atoms with Gasteiger partial charge in [-0.25, -0.2) is 0 Å². The average molecular weight is 272 g/mol. The van der Waals surface area contributed by atoms with Crippen LogP contribution in [0.1, 0.15) is 26.5 Å². The SMILES string of the molecule is CC(C)C(Cc1ccc(Br)cn1)C(C)O. The summed E-state index contributed by atoms with van der Waals surface area (Å²) < 4.78 is 0.990. The lowest BCUT2D eigenvalue weighted by molar-refractivity contribution is 0.0970. The van der Waals surface area contributed by atoms with Crippen molar-refractivity contribution in [2.75, 3.05) is 0 Å². The second-order valence-electron chi connectivity index (χ2n) is 4.32. The van der Waals surface area contributed by atoms with Crippen LogP contribution in [-0.2, 0) is 6.42 Å². The molecule has 15 heavy (non-hydrogen) atoms.